The van der Waals surface area contributed by atoms with Crippen LogP contribution in [0.1, 0.15) is 40.9 Å². The predicted octanol–water partition coefficient (Wildman–Crippen LogP) is 4.18. The third kappa shape index (κ3) is 4.69. The maximum atomic E-state index is 13.3. The zero-order valence-electron chi connectivity index (χ0n) is 17.7. The molecule has 32 heavy (non-hydrogen) atoms. The molecule has 1 aliphatic rings. The largest absolute Gasteiger partial charge is 0.480 e. The molecule has 0 radical (unpaired) electrons. The molecule has 2 aromatic rings. The Hall–Kier alpha value is -3.54. The van der Waals surface area contributed by atoms with Gasteiger partial charge in [0.1, 0.15) is 5.75 Å². The van der Waals surface area contributed by atoms with Crippen LogP contribution in [0.3, 0.4) is 0 Å². The summed E-state index contributed by atoms with van der Waals surface area (Å²) in [7, 11) is 1.28. The lowest BCUT2D eigenvalue weighted by Gasteiger charge is -2.24. The van der Waals surface area contributed by atoms with Gasteiger partial charge in [0, 0.05) is 18.5 Å². The summed E-state index contributed by atoms with van der Waals surface area (Å²) < 4.78 is 50.1. The number of hydrogen-bond acceptors (Lipinski definition) is 5. The highest BCUT2D eigenvalue weighted by Crippen LogP contribution is 2.38. The summed E-state index contributed by atoms with van der Waals surface area (Å²) in [6.45, 7) is 4.18. The number of ether oxygens (including phenoxy) is 2. The standard InChI is InChI=1S/C23H21F3N2O4/c1-22(2)13-28(12-14-4-6-15(7-5-14)21(30)31-3)20(29)19(22)32-17-9-8-16(11-27)18(10-17)23(24,25)26/h4-10,19H,12-13H2,1-3H3. The van der Waals surface area contributed by atoms with E-state index in [1.807, 2.05) is 0 Å². The van der Waals surface area contributed by atoms with E-state index in [1.165, 1.54) is 19.2 Å². The first-order valence-electron chi connectivity index (χ1n) is 9.70. The molecule has 3 rings (SSSR count). The average molecular weight is 446 g/mol. The van der Waals surface area contributed by atoms with E-state index in [9.17, 15) is 22.8 Å². The van der Waals surface area contributed by atoms with Crippen LogP contribution in [0.4, 0.5) is 13.2 Å². The summed E-state index contributed by atoms with van der Waals surface area (Å²) in [6, 6.07) is 11.1. The maximum absolute atomic E-state index is 13.3. The maximum Gasteiger partial charge on any atom is 0.417 e. The fraction of sp³-hybridized carbons (Fsp3) is 0.348. The number of nitriles is 1. The molecular weight excluding hydrogens is 425 g/mol. The lowest BCUT2D eigenvalue weighted by atomic mass is 9.89. The van der Waals surface area contributed by atoms with Crippen molar-refractivity contribution in [3.05, 3.63) is 64.7 Å². The fourth-order valence-corrected chi connectivity index (χ4v) is 3.65. The van der Waals surface area contributed by atoms with Gasteiger partial charge in [-0.2, -0.15) is 18.4 Å². The van der Waals surface area contributed by atoms with Crippen LogP contribution in [-0.4, -0.2) is 36.5 Å². The van der Waals surface area contributed by atoms with Crippen LogP contribution in [0.25, 0.3) is 0 Å². The zero-order chi connectivity index (χ0) is 23.7. The third-order valence-corrected chi connectivity index (χ3v) is 5.26. The van der Waals surface area contributed by atoms with Gasteiger partial charge < -0.3 is 14.4 Å². The van der Waals surface area contributed by atoms with Gasteiger partial charge >= 0.3 is 12.1 Å². The molecule has 168 valence electrons. The van der Waals surface area contributed by atoms with Gasteiger partial charge in [-0.05, 0) is 35.9 Å². The zero-order valence-corrected chi connectivity index (χ0v) is 17.7. The van der Waals surface area contributed by atoms with Crippen molar-refractivity contribution in [1.29, 1.82) is 5.26 Å². The summed E-state index contributed by atoms with van der Waals surface area (Å²) in [4.78, 5) is 26.1. The first-order chi connectivity index (χ1) is 15.0. The molecular formula is C23H21F3N2O4. The Bertz CT molecular complexity index is 1070. The SMILES string of the molecule is COC(=O)c1ccc(CN2CC(C)(C)C(Oc3ccc(C#N)c(C(F)(F)F)c3)C2=O)cc1. The Labute approximate surface area is 183 Å². The van der Waals surface area contributed by atoms with Crippen LogP contribution in [0.5, 0.6) is 5.75 Å². The van der Waals surface area contributed by atoms with Gasteiger partial charge in [0.25, 0.3) is 5.91 Å². The van der Waals surface area contributed by atoms with Crippen molar-refractivity contribution in [2.24, 2.45) is 5.41 Å². The van der Waals surface area contributed by atoms with Crippen LogP contribution >= 0.6 is 0 Å². The molecule has 0 aromatic heterocycles. The smallest absolute Gasteiger partial charge is 0.417 e. The number of methoxy groups -OCH3 is 1. The summed E-state index contributed by atoms with van der Waals surface area (Å²) in [6.07, 6.45) is -5.71. The number of carbonyl (C=O) groups is 2. The van der Waals surface area contributed by atoms with Crippen molar-refractivity contribution in [2.75, 3.05) is 13.7 Å². The van der Waals surface area contributed by atoms with E-state index in [4.69, 9.17) is 10.00 Å². The van der Waals surface area contributed by atoms with E-state index in [-0.39, 0.29) is 18.2 Å². The van der Waals surface area contributed by atoms with Gasteiger partial charge in [-0.15, -0.1) is 0 Å². The number of halogens is 3. The molecule has 1 aliphatic heterocycles. The Morgan fingerprint density at radius 3 is 2.44 bits per heavy atom. The molecule has 1 fully saturated rings. The first-order valence-corrected chi connectivity index (χ1v) is 9.70. The minimum atomic E-state index is -4.72. The normalized spacial score (nSPS) is 17.7. The number of esters is 1. The van der Waals surface area contributed by atoms with E-state index >= 15 is 0 Å². The number of hydrogen-bond donors (Lipinski definition) is 0. The number of carbonyl (C=O) groups excluding carboxylic acids is 2. The second-order valence-electron chi connectivity index (χ2n) is 8.19. The number of nitrogens with zero attached hydrogens (tertiary/aromatic N) is 2. The molecule has 1 heterocycles. The molecule has 1 saturated heterocycles. The van der Waals surface area contributed by atoms with Crippen LogP contribution < -0.4 is 4.74 Å². The van der Waals surface area contributed by atoms with Gasteiger partial charge in [-0.25, -0.2) is 4.79 Å². The summed E-state index contributed by atoms with van der Waals surface area (Å²) in [5.41, 5.74) is -1.13. The van der Waals surface area contributed by atoms with E-state index in [2.05, 4.69) is 4.74 Å². The monoisotopic (exact) mass is 446 g/mol. The van der Waals surface area contributed by atoms with Crippen molar-refractivity contribution < 1.29 is 32.2 Å². The molecule has 9 heteroatoms. The second-order valence-corrected chi connectivity index (χ2v) is 8.19. The van der Waals surface area contributed by atoms with Crippen molar-refractivity contribution in [3.8, 4) is 11.8 Å². The minimum absolute atomic E-state index is 0.132. The molecule has 0 aliphatic carbocycles. The van der Waals surface area contributed by atoms with Gasteiger partial charge in [-0.3, -0.25) is 4.79 Å². The molecule has 0 bridgehead atoms. The lowest BCUT2D eigenvalue weighted by molar-refractivity contribution is -0.138. The van der Waals surface area contributed by atoms with E-state index in [0.29, 0.717) is 12.1 Å². The van der Waals surface area contributed by atoms with E-state index in [0.717, 1.165) is 17.7 Å². The number of likely N-dealkylation sites (tertiary alicyclic amines) is 1. The Kier molecular flexibility index (Phi) is 6.17. The molecule has 2 aromatic carbocycles. The number of rotatable bonds is 5. The van der Waals surface area contributed by atoms with Gasteiger partial charge in [-0.1, -0.05) is 26.0 Å². The Morgan fingerprint density at radius 1 is 1.22 bits per heavy atom. The Balaban J connectivity index is 1.79. The second kappa shape index (κ2) is 8.54. The summed E-state index contributed by atoms with van der Waals surface area (Å²) in [5, 5.41) is 8.94. The molecule has 0 spiro atoms. The highest BCUT2D eigenvalue weighted by atomic mass is 19.4. The molecule has 1 amide bonds. The highest BCUT2D eigenvalue weighted by Gasteiger charge is 2.48. The number of alkyl halides is 3. The van der Waals surface area contributed by atoms with Crippen LogP contribution in [0, 0.1) is 16.7 Å². The molecule has 6 nitrogen and oxygen atoms in total. The van der Waals surface area contributed by atoms with E-state index < -0.39 is 34.8 Å². The fourth-order valence-electron chi connectivity index (χ4n) is 3.65. The van der Waals surface area contributed by atoms with Crippen molar-refractivity contribution >= 4 is 11.9 Å². The first kappa shape index (κ1) is 23.1. The average Bonchev–Trinajstić information content (AvgIpc) is 2.95. The van der Waals surface area contributed by atoms with Gasteiger partial charge in [0.05, 0.1) is 29.9 Å². The third-order valence-electron chi connectivity index (χ3n) is 5.26. The highest BCUT2D eigenvalue weighted by molar-refractivity contribution is 5.89. The van der Waals surface area contributed by atoms with Crippen LogP contribution in [0.15, 0.2) is 42.5 Å². The van der Waals surface area contributed by atoms with Gasteiger partial charge in [0.15, 0.2) is 6.10 Å². The van der Waals surface area contributed by atoms with Crippen molar-refractivity contribution in [1.82, 2.24) is 4.90 Å². The van der Waals surface area contributed by atoms with Crippen molar-refractivity contribution in [2.45, 2.75) is 32.7 Å². The van der Waals surface area contributed by atoms with Gasteiger partial charge in [0.2, 0.25) is 0 Å². The summed E-state index contributed by atoms with van der Waals surface area (Å²) in [5.74, 6) is -0.957. The molecule has 0 saturated carbocycles. The van der Waals surface area contributed by atoms with Crippen molar-refractivity contribution in [3.63, 3.8) is 0 Å². The number of benzene rings is 2. The molecule has 1 atom stereocenters. The minimum Gasteiger partial charge on any atom is -0.480 e. The quantitative estimate of drug-likeness (QED) is 0.644. The molecule has 0 N–H and O–H groups in total. The van der Waals surface area contributed by atoms with Crippen LogP contribution in [0.2, 0.25) is 0 Å². The summed E-state index contributed by atoms with van der Waals surface area (Å²) >= 11 is 0. The number of amides is 1. The Morgan fingerprint density at radius 2 is 1.88 bits per heavy atom. The molecule has 1 unspecified atom stereocenters. The lowest BCUT2D eigenvalue weighted by Crippen LogP contribution is -2.36. The van der Waals surface area contributed by atoms with E-state index in [1.54, 1.807) is 43.0 Å². The predicted molar refractivity (Wildman–Crippen MR) is 108 cm³/mol. The van der Waals surface area contributed by atoms with Crippen LogP contribution in [-0.2, 0) is 22.3 Å². The topological polar surface area (TPSA) is 79.6 Å².